The lowest BCUT2D eigenvalue weighted by molar-refractivity contribution is 0.0975. The van der Waals surface area contributed by atoms with Crippen LogP contribution in [-0.2, 0) is 0 Å². The molecule has 0 spiro atoms. The molecule has 1 unspecified atom stereocenters. The van der Waals surface area contributed by atoms with Crippen molar-refractivity contribution in [2.45, 2.75) is 6.17 Å². The number of nitrogens with one attached hydrogen (secondary N) is 1. The summed E-state index contributed by atoms with van der Waals surface area (Å²) in [6, 6.07) is 20.3. The molecule has 3 aromatic rings. The Morgan fingerprint density at radius 3 is 2.36 bits per heavy atom. The van der Waals surface area contributed by atoms with E-state index < -0.39 is 6.17 Å². The molecule has 0 aliphatic carbocycles. The van der Waals surface area contributed by atoms with E-state index in [9.17, 15) is 4.79 Å². The standard InChI is InChI=1S/C22H19ClN2O3/c1-27-19-12-7-14(13-20(19)28-2)21-24-18-6-4-3-5-17(18)22(26)25(21)16-10-8-15(23)9-11-16/h3-13,21,24H,1-2H3. The van der Waals surface area contributed by atoms with E-state index in [1.54, 1.807) is 31.3 Å². The zero-order valence-electron chi connectivity index (χ0n) is 15.5. The van der Waals surface area contributed by atoms with E-state index in [0.717, 1.165) is 16.9 Å². The van der Waals surface area contributed by atoms with Crippen LogP contribution < -0.4 is 19.7 Å². The van der Waals surface area contributed by atoms with Gasteiger partial charge in [-0.3, -0.25) is 9.69 Å². The summed E-state index contributed by atoms with van der Waals surface area (Å²) in [5.74, 6) is 1.15. The van der Waals surface area contributed by atoms with Gasteiger partial charge in [0.05, 0.1) is 19.8 Å². The van der Waals surface area contributed by atoms with Crippen molar-refractivity contribution < 1.29 is 14.3 Å². The lowest BCUT2D eigenvalue weighted by atomic mass is 10.0. The molecule has 0 saturated heterocycles. The minimum Gasteiger partial charge on any atom is -0.493 e. The van der Waals surface area contributed by atoms with Crippen LogP contribution in [0.1, 0.15) is 22.1 Å². The minimum absolute atomic E-state index is 0.0866. The lowest BCUT2D eigenvalue weighted by Crippen LogP contribution is -2.43. The molecule has 0 bridgehead atoms. The fraction of sp³-hybridized carbons (Fsp3) is 0.136. The maximum atomic E-state index is 13.4. The number of anilines is 2. The number of amides is 1. The number of fused-ring (bicyclic) bond motifs is 1. The molecule has 1 aliphatic rings. The van der Waals surface area contributed by atoms with E-state index in [4.69, 9.17) is 21.1 Å². The first-order valence-electron chi connectivity index (χ1n) is 8.79. The Labute approximate surface area is 168 Å². The summed E-state index contributed by atoms with van der Waals surface area (Å²) in [6.45, 7) is 0. The summed E-state index contributed by atoms with van der Waals surface area (Å²) in [5.41, 5.74) is 3.03. The van der Waals surface area contributed by atoms with Crippen LogP contribution in [0.5, 0.6) is 11.5 Å². The first kappa shape index (κ1) is 18.2. The van der Waals surface area contributed by atoms with Gasteiger partial charge in [-0.05, 0) is 54.1 Å². The molecule has 28 heavy (non-hydrogen) atoms. The van der Waals surface area contributed by atoms with E-state index >= 15 is 0 Å². The Morgan fingerprint density at radius 1 is 0.929 bits per heavy atom. The molecule has 0 radical (unpaired) electrons. The average Bonchev–Trinajstić information content (AvgIpc) is 2.74. The molecule has 1 N–H and O–H groups in total. The maximum Gasteiger partial charge on any atom is 0.262 e. The minimum atomic E-state index is -0.414. The third-order valence-corrected chi connectivity index (χ3v) is 5.01. The SMILES string of the molecule is COc1ccc(C2Nc3ccccc3C(=O)N2c2ccc(Cl)cc2)cc1OC. The van der Waals surface area contributed by atoms with Crippen LogP contribution in [0.4, 0.5) is 11.4 Å². The average molecular weight is 395 g/mol. The van der Waals surface area contributed by atoms with Gasteiger partial charge in [0.25, 0.3) is 5.91 Å². The molecule has 6 heteroatoms. The van der Waals surface area contributed by atoms with E-state index in [0.29, 0.717) is 22.1 Å². The number of methoxy groups -OCH3 is 2. The second-order valence-corrected chi connectivity index (χ2v) is 6.79. The second kappa shape index (κ2) is 7.44. The van der Waals surface area contributed by atoms with Gasteiger partial charge < -0.3 is 14.8 Å². The van der Waals surface area contributed by atoms with Crippen molar-refractivity contribution >= 4 is 28.9 Å². The van der Waals surface area contributed by atoms with Crippen molar-refractivity contribution in [3.63, 3.8) is 0 Å². The number of hydrogen-bond acceptors (Lipinski definition) is 4. The number of hydrogen-bond donors (Lipinski definition) is 1. The van der Waals surface area contributed by atoms with Gasteiger partial charge in [-0.2, -0.15) is 0 Å². The molecule has 0 fully saturated rings. The molecule has 4 rings (SSSR count). The number of para-hydroxylation sites is 1. The summed E-state index contributed by atoms with van der Waals surface area (Å²) in [6.07, 6.45) is -0.414. The van der Waals surface area contributed by atoms with Crippen molar-refractivity contribution in [1.82, 2.24) is 0 Å². The molecule has 1 heterocycles. The zero-order valence-corrected chi connectivity index (χ0v) is 16.2. The third-order valence-electron chi connectivity index (χ3n) is 4.75. The first-order chi connectivity index (χ1) is 13.6. The van der Waals surface area contributed by atoms with Gasteiger partial charge in [-0.25, -0.2) is 0 Å². The van der Waals surface area contributed by atoms with Crippen LogP contribution in [0.3, 0.4) is 0 Å². The van der Waals surface area contributed by atoms with Gasteiger partial charge in [-0.15, -0.1) is 0 Å². The molecular formula is C22H19ClN2O3. The third kappa shape index (κ3) is 3.14. The highest BCUT2D eigenvalue weighted by molar-refractivity contribution is 6.30. The van der Waals surface area contributed by atoms with Crippen LogP contribution in [0.15, 0.2) is 66.7 Å². The Hall–Kier alpha value is -3.18. The fourth-order valence-corrected chi connectivity index (χ4v) is 3.50. The van der Waals surface area contributed by atoms with Gasteiger partial charge in [-0.1, -0.05) is 29.8 Å². The molecule has 0 saturated carbocycles. The predicted molar refractivity (Wildman–Crippen MR) is 111 cm³/mol. The van der Waals surface area contributed by atoms with Gasteiger partial charge in [0.1, 0.15) is 6.17 Å². The van der Waals surface area contributed by atoms with Gasteiger partial charge in [0.15, 0.2) is 11.5 Å². The summed E-state index contributed by atoms with van der Waals surface area (Å²) < 4.78 is 10.8. The predicted octanol–water partition coefficient (Wildman–Crippen LogP) is 5.13. The molecule has 3 aromatic carbocycles. The van der Waals surface area contributed by atoms with Crippen LogP contribution in [0, 0.1) is 0 Å². The van der Waals surface area contributed by atoms with E-state index in [2.05, 4.69) is 5.32 Å². The number of carbonyl (C=O) groups is 1. The van der Waals surface area contributed by atoms with Crippen LogP contribution in [0.25, 0.3) is 0 Å². The Kier molecular flexibility index (Phi) is 4.84. The normalized spacial score (nSPS) is 15.6. The molecule has 1 aliphatic heterocycles. The van der Waals surface area contributed by atoms with Crippen molar-refractivity contribution in [3.8, 4) is 11.5 Å². The summed E-state index contributed by atoms with van der Waals surface area (Å²) in [5, 5.41) is 4.09. The number of rotatable bonds is 4. The largest absolute Gasteiger partial charge is 0.493 e. The van der Waals surface area contributed by atoms with Crippen molar-refractivity contribution in [2.24, 2.45) is 0 Å². The van der Waals surface area contributed by atoms with Crippen molar-refractivity contribution in [2.75, 3.05) is 24.4 Å². The second-order valence-electron chi connectivity index (χ2n) is 6.36. The van der Waals surface area contributed by atoms with Crippen molar-refractivity contribution in [1.29, 1.82) is 0 Å². The number of carbonyl (C=O) groups excluding carboxylic acids is 1. The molecule has 142 valence electrons. The number of ether oxygens (including phenoxy) is 2. The Morgan fingerprint density at radius 2 is 1.64 bits per heavy atom. The van der Waals surface area contributed by atoms with Crippen LogP contribution in [-0.4, -0.2) is 20.1 Å². The molecule has 1 atom stereocenters. The van der Waals surface area contributed by atoms with E-state index in [1.165, 1.54) is 0 Å². The number of halogens is 1. The summed E-state index contributed by atoms with van der Waals surface area (Å²) in [7, 11) is 3.18. The Balaban J connectivity index is 1.85. The molecule has 5 nitrogen and oxygen atoms in total. The fourth-order valence-electron chi connectivity index (χ4n) is 3.38. The highest BCUT2D eigenvalue weighted by Crippen LogP contribution is 2.39. The van der Waals surface area contributed by atoms with Crippen LogP contribution >= 0.6 is 11.6 Å². The summed E-state index contributed by atoms with van der Waals surface area (Å²) in [4.78, 5) is 15.1. The zero-order chi connectivity index (χ0) is 19.7. The Bertz CT molecular complexity index is 1020. The highest BCUT2D eigenvalue weighted by atomic mass is 35.5. The first-order valence-corrected chi connectivity index (χ1v) is 9.17. The molecule has 1 amide bonds. The molecular weight excluding hydrogens is 376 g/mol. The smallest absolute Gasteiger partial charge is 0.262 e. The number of nitrogens with zero attached hydrogens (tertiary/aromatic N) is 1. The van der Waals surface area contributed by atoms with Crippen LogP contribution in [0.2, 0.25) is 5.02 Å². The van der Waals surface area contributed by atoms with Gasteiger partial charge in [0.2, 0.25) is 0 Å². The van der Waals surface area contributed by atoms with Gasteiger partial charge in [0, 0.05) is 16.4 Å². The monoisotopic (exact) mass is 394 g/mol. The maximum absolute atomic E-state index is 13.4. The van der Waals surface area contributed by atoms with Crippen molar-refractivity contribution in [3.05, 3.63) is 82.9 Å². The topological polar surface area (TPSA) is 50.8 Å². The lowest BCUT2D eigenvalue weighted by Gasteiger charge is -2.38. The summed E-state index contributed by atoms with van der Waals surface area (Å²) >= 11 is 6.04. The van der Waals surface area contributed by atoms with E-state index in [1.807, 2.05) is 54.6 Å². The molecule has 0 aromatic heterocycles. The van der Waals surface area contributed by atoms with E-state index in [-0.39, 0.29) is 5.91 Å². The quantitative estimate of drug-likeness (QED) is 0.666. The highest BCUT2D eigenvalue weighted by Gasteiger charge is 2.34. The number of benzene rings is 3. The van der Waals surface area contributed by atoms with Gasteiger partial charge >= 0.3 is 0 Å².